The highest BCUT2D eigenvalue weighted by Gasteiger charge is 2.28. The van der Waals surface area contributed by atoms with Gasteiger partial charge in [0.05, 0.1) is 15.0 Å². The first-order chi connectivity index (χ1) is 6.75. The molecule has 0 saturated heterocycles. The Morgan fingerprint density at radius 3 is 2.20 bits per heavy atom. The highest BCUT2D eigenvalue weighted by Crippen LogP contribution is 2.37. The zero-order chi connectivity index (χ0) is 11.8. The van der Waals surface area contributed by atoms with Crippen molar-refractivity contribution in [2.24, 2.45) is 0 Å². The Balaban J connectivity index is 3.72. The lowest BCUT2D eigenvalue weighted by atomic mass is 10.3. The highest BCUT2D eigenvalue weighted by atomic mass is 35.7. The van der Waals surface area contributed by atoms with Gasteiger partial charge in [0.1, 0.15) is 0 Å². The van der Waals surface area contributed by atoms with E-state index in [1.54, 1.807) is 0 Å². The molecule has 15 heavy (non-hydrogen) atoms. The molecule has 1 aromatic rings. The van der Waals surface area contributed by atoms with Gasteiger partial charge in [-0.15, -0.1) is 0 Å². The number of benzene rings is 1. The molecule has 0 heterocycles. The molecule has 0 atom stereocenters. The predicted molar refractivity (Wildman–Crippen MR) is 56.2 cm³/mol. The molecule has 0 N–H and O–H groups in total. The van der Waals surface area contributed by atoms with Crippen LogP contribution in [0.15, 0.2) is 17.0 Å². The van der Waals surface area contributed by atoms with Gasteiger partial charge in [-0.25, -0.2) is 8.42 Å². The van der Waals surface area contributed by atoms with Gasteiger partial charge in [-0.3, -0.25) is 10.1 Å². The molecule has 0 aliphatic rings. The maximum atomic E-state index is 11.0. The van der Waals surface area contributed by atoms with Crippen molar-refractivity contribution < 1.29 is 13.3 Å². The van der Waals surface area contributed by atoms with E-state index >= 15 is 0 Å². The summed E-state index contributed by atoms with van der Waals surface area (Å²) in [5, 5.41) is 9.93. The SMILES string of the molecule is O=[N+]([O-])c1ccc(Cl)c(Cl)c1S(=O)(=O)Cl. The number of nitrogens with zero attached hydrogens (tertiary/aromatic N) is 1. The molecule has 0 aromatic heterocycles. The molecule has 1 rings (SSSR count). The van der Waals surface area contributed by atoms with Crippen LogP contribution in [0.1, 0.15) is 0 Å². The van der Waals surface area contributed by atoms with Crippen molar-refractivity contribution in [1.82, 2.24) is 0 Å². The molecular formula is C6H2Cl3NO4S. The topological polar surface area (TPSA) is 77.3 Å². The maximum Gasteiger partial charge on any atom is 0.290 e. The summed E-state index contributed by atoms with van der Waals surface area (Å²) in [6.07, 6.45) is 0. The lowest BCUT2D eigenvalue weighted by Gasteiger charge is -2.02. The molecule has 0 bridgehead atoms. The summed E-state index contributed by atoms with van der Waals surface area (Å²) in [5.41, 5.74) is -0.709. The molecule has 0 radical (unpaired) electrons. The van der Waals surface area contributed by atoms with Crippen LogP contribution in [0.5, 0.6) is 0 Å². The van der Waals surface area contributed by atoms with Crippen LogP contribution in [0, 0.1) is 10.1 Å². The molecule has 1 aromatic carbocycles. The number of hydrogen-bond acceptors (Lipinski definition) is 4. The molecule has 0 unspecified atom stereocenters. The summed E-state index contributed by atoms with van der Waals surface area (Å²) < 4.78 is 22.1. The minimum absolute atomic E-state index is 0.124. The maximum absolute atomic E-state index is 11.0. The average molecular weight is 291 g/mol. The quantitative estimate of drug-likeness (QED) is 0.477. The number of hydrogen-bond donors (Lipinski definition) is 0. The molecule has 82 valence electrons. The Morgan fingerprint density at radius 2 is 1.80 bits per heavy atom. The smallest absolute Gasteiger partial charge is 0.258 e. The van der Waals surface area contributed by atoms with Crippen molar-refractivity contribution in [3.05, 3.63) is 32.3 Å². The monoisotopic (exact) mass is 289 g/mol. The second-order valence-electron chi connectivity index (χ2n) is 2.40. The van der Waals surface area contributed by atoms with Crippen LogP contribution in [0.4, 0.5) is 5.69 Å². The summed E-state index contributed by atoms with van der Waals surface area (Å²) in [6.45, 7) is 0. The normalized spacial score (nSPS) is 11.4. The standard InChI is InChI=1S/C6H2Cl3NO4S/c7-3-1-2-4(10(11)12)6(5(3)8)15(9,13)14/h1-2H. The fraction of sp³-hybridized carbons (Fsp3) is 0. The van der Waals surface area contributed by atoms with Crippen molar-refractivity contribution in [2.75, 3.05) is 0 Å². The third kappa shape index (κ3) is 2.52. The Labute approximate surface area is 99.1 Å². The van der Waals surface area contributed by atoms with E-state index in [-0.39, 0.29) is 5.02 Å². The zero-order valence-electron chi connectivity index (χ0n) is 6.78. The van der Waals surface area contributed by atoms with Gasteiger partial charge in [0.15, 0.2) is 4.90 Å². The zero-order valence-corrected chi connectivity index (χ0v) is 9.86. The summed E-state index contributed by atoms with van der Waals surface area (Å²) in [6, 6.07) is 2.04. The van der Waals surface area contributed by atoms with Gasteiger partial charge < -0.3 is 0 Å². The molecule has 0 fully saturated rings. The fourth-order valence-electron chi connectivity index (χ4n) is 0.898. The number of rotatable bonds is 2. The number of nitro benzene ring substituents is 1. The van der Waals surface area contributed by atoms with Crippen LogP contribution in [-0.2, 0) is 9.05 Å². The molecule has 0 amide bonds. The van der Waals surface area contributed by atoms with Gasteiger partial charge in [0.25, 0.3) is 14.7 Å². The summed E-state index contributed by atoms with van der Waals surface area (Å²) in [5.74, 6) is 0. The minimum atomic E-state index is -4.32. The second-order valence-corrected chi connectivity index (χ2v) is 5.69. The second kappa shape index (κ2) is 4.13. The number of nitro groups is 1. The fourth-order valence-corrected chi connectivity index (χ4v) is 2.88. The Bertz CT molecular complexity index is 527. The molecule has 0 spiro atoms. The molecule has 9 heteroatoms. The first-order valence-electron chi connectivity index (χ1n) is 3.32. The molecule has 0 aliphatic heterocycles. The third-order valence-electron chi connectivity index (χ3n) is 1.47. The summed E-state index contributed by atoms with van der Waals surface area (Å²) >= 11 is 11.0. The van der Waals surface area contributed by atoms with Gasteiger partial charge in [0.2, 0.25) is 0 Å². The molecule has 5 nitrogen and oxygen atoms in total. The van der Waals surface area contributed by atoms with Crippen molar-refractivity contribution in [1.29, 1.82) is 0 Å². The summed E-state index contributed by atoms with van der Waals surface area (Å²) in [7, 11) is 0.692. The van der Waals surface area contributed by atoms with E-state index in [2.05, 4.69) is 0 Å². The van der Waals surface area contributed by atoms with E-state index in [0.29, 0.717) is 0 Å². The lowest BCUT2D eigenvalue weighted by Crippen LogP contribution is -2.00. The van der Waals surface area contributed by atoms with Crippen LogP contribution in [0.25, 0.3) is 0 Å². The first-order valence-corrected chi connectivity index (χ1v) is 6.38. The highest BCUT2D eigenvalue weighted by molar-refractivity contribution is 8.14. The van der Waals surface area contributed by atoms with E-state index in [1.807, 2.05) is 0 Å². The van der Waals surface area contributed by atoms with Crippen molar-refractivity contribution in [3.8, 4) is 0 Å². The van der Waals surface area contributed by atoms with E-state index in [9.17, 15) is 18.5 Å². The molecule has 0 aliphatic carbocycles. The Kier molecular flexibility index (Phi) is 3.44. The van der Waals surface area contributed by atoms with Gasteiger partial charge in [-0.1, -0.05) is 23.2 Å². The van der Waals surface area contributed by atoms with E-state index in [1.165, 1.54) is 0 Å². The summed E-state index contributed by atoms with van der Waals surface area (Å²) in [4.78, 5) is 8.82. The Morgan fingerprint density at radius 1 is 1.27 bits per heavy atom. The van der Waals surface area contributed by atoms with Gasteiger partial charge in [0, 0.05) is 16.7 Å². The van der Waals surface area contributed by atoms with Crippen LogP contribution in [-0.4, -0.2) is 13.3 Å². The van der Waals surface area contributed by atoms with Crippen LogP contribution in [0.2, 0.25) is 10.0 Å². The lowest BCUT2D eigenvalue weighted by molar-refractivity contribution is -0.387. The Hall–Kier alpha value is -0.560. The van der Waals surface area contributed by atoms with Crippen molar-refractivity contribution in [2.45, 2.75) is 4.90 Å². The molecule has 0 saturated carbocycles. The van der Waals surface area contributed by atoms with E-state index in [0.717, 1.165) is 12.1 Å². The van der Waals surface area contributed by atoms with E-state index in [4.69, 9.17) is 33.9 Å². The average Bonchev–Trinajstić information content (AvgIpc) is 2.06. The van der Waals surface area contributed by atoms with Crippen LogP contribution < -0.4 is 0 Å². The van der Waals surface area contributed by atoms with Gasteiger partial charge in [-0.2, -0.15) is 0 Å². The van der Waals surface area contributed by atoms with Gasteiger partial charge >= 0.3 is 0 Å². The predicted octanol–water partition coefficient (Wildman–Crippen LogP) is 2.83. The molecular weight excluding hydrogens is 288 g/mol. The number of halogens is 3. The van der Waals surface area contributed by atoms with Crippen molar-refractivity contribution in [3.63, 3.8) is 0 Å². The van der Waals surface area contributed by atoms with Crippen molar-refractivity contribution >= 4 is 48.6 Å². The van der Waals surface area contributed by atoms with Crippen LogP contribution >= 0.6 is 33.9 Å². The minimum Gasteiger partial charge on any atom is -0.258 e. The van der Waals surface area contributed by atoms with E-state index < -0.39 is 29.6 Å². The third-order valence-corrected chi connectivity index (χ3v) is 3.75. The largest absolute Gasteiger partial charge is 0.290 e. The van der Waals surface area contributed by atoms with Crippen LogP contribution in [0.3, 0.4) is 0 Å². The first kappa shape index (κ1) is 12.5. The van der Waals surface area contributed by atoms with Gasteiger partial charge in [-0.05, 0) is 6.07 Å².